The minimum Gasteiger partial charge on any atom is -0.351 e. The molecule has 1 aromatic rings. The van der Waals surface area contributed by atoms with Crippen LogP contribution in [0, 0.1) is 0 Å². The van der Waals surface area contributed by atoms with Crippen LogP contribution in [0.3, 0.4) is 0 Å². The van der Waals surface area contributed by atoms with E-state index in [-0.39, 0.29) is 5.91 Å². The summed E-state index contributed by atoms with van der Waals surface area (Å²) in [5, 5.41) is 2.66. The first-order valence-electron chi connectivity index (χ1n) is 5.41. The van der Waals surface area contributed by atoms with Crippen LogP contribution in [0.15, 0.2) is 16.3 Å². The number of nitrogens with zero attached hydrogens (tertiary/aromatic N) is 1. The highest BCUT2D eigenvalue weighted by atomic mass is 32.2. The fourth-order valence-electron chi connectivity index (χ4n) is 1.52. The quantitative estimate of drug-likeness (QED) is 0.904. The molecule has 0 aliphatic carbocycles. The zero-order chi connectivity index (χ0) is 13.2. The number of hydrogen-bond donors (Lipinski definition) is 1. The van der Waals surface area contributed by atoms with E-state index in [2.05, 4.69) is 5.32 Å². The highest BCUT2D eigenvalue weighted by Crippen LogP contribution is 2.28. The number of rotatable bonds is 4. The normalized spacial score (nSPS) is 16.9. The van der Waals surface area contributed by atoms with E-state index in [9.17, 15) is 13.2 Å². The molecule has 0 radical (unpaired) electrons. The zero-order valence-electron chi connectivity index (χ0n) is 9.88. The summed E-state index contributed by atoms with van der Waals surface area (Å²) in [6.45, 7) is 2.39. The van der Waals surface area contributed by atoms with E-state index in [0.717, 1.165) is 10.6 Å². The van der Waals surface area contributed by atoms with Gasteiger partial charge in [0.1, 0.15) is 4.21 Å². The van der Waals surface area contributed by atoms with Gasteiger partial charge < -0.3 is 5.32 Å². The monoisotopic (exact) mass is 306 g/mol. The molecule has 2 rings (SSSR count). The van der Waals surface area contributed by atoms with Crippen LogP contribution in [0.2, 0.25) is 0 Å². The predicted molar refractivity (Wildman–Crippen MR) is 73.1 cm³/mol. The van der Waals surface area contributed by atoms with Crippen molar-refractivity contribution in [3.63, 3.8) is 0 Å². The third-order valence-corrected chi connectivity index (χ3v) is 6.99. The van der Waals surface area contributed by atoms with Crippen molar-refractivity contribution in [3.8, 4) is 0 Å². The topological polar surface area (TPSA) is 66.5 Å². The molecule has 18 heavy (non-hydrogen) atoms. The van der Waals surface area contributed by atoms with Gasteiger partial charge in [-0.25, -0.2) is 8.42 Å². The van der Waals surface area contributed by atoms with Crippen molar-refractivity contribution in [1.82, 2.24) is 9.62 Å². The van der Waals surface area contributed by atoms with Crippen LogP contribution in [0.1, 0.15) is 11.8 Å². The molecule has 1 fully saturated rings. The minimum absolute atomic E-state index is 0.122. The Labute approximate surface area is 115 Å². The number of sulfonamides is 1. The smallest absolute Gasteiger partial charge is 0.253 e. The second-order valence-corrected chi connectivity index (χ2v) is 8.26. The number of carbonyl (C=O) groups is 1. The Kier molecular flexibility index (Phi) is 4.31. The molecule has 1 aromatic heterocycles. The zero-order valence-corrected chi connectivity index (χ0v) is 12.3. The van der Waals surface area contributed by atoms with Crippen molar-refractivity contribution in [3.05, 3.63) is 17.0 Å². The molecule has 1 N–H and O–H groups in total. The Morgan fingerprint density at radius 3 is 2.89 bits per heavy atom. The molecule has 0 saturated carbocycles. The summed E-state index contributed by atoms with van der Waals surface area (Å²) in [7, 11) is -3.34. The molecule has 1 aliphatic rings. The number of amides is 1. The SMILES string of the molecule is CC(=O)NCc1ccc(S(=O)(=O)N2CCSC2)s1. The van der Waals surface area contributed by atoms with Crippen LogP contribution < -0.4 is 5.32 Å². The lowest BCUT2D eigenvalue weighted by molar-refractivity contribution is -0.119. The molecule has 5 nitrogen and oxygen atoms in total. The molecule has 1 saturated heterocycles. The van der Waals surface area contributed by atoms with Crippen molar-refractivity contribution in [2.24, 2.45) is 0 Å². The minimum atomic E-state index is -3.34. The highest BCUT2D eigenvalue weighted by molar-refractivity contribution is 8.00. The van der Waals surface area contributed by atoms with Gasteiger partial charge in [-0.1, -0.05) is 0 Å². The Bertz CT molecular complexity index is 532. The first kappa shape index (κ1) is 13.9. The lowest BCUT2D eigenvalue weighted by Gasteiger charge is -2.12. The molecular weight excluding hydrogens is 292 g/mol. The van der Waals surface area contributed by atoms with Crippen molar-refractivity contribution in [2.75, 3.05) is 18.2 Å². The van der Waals surface area contributed by atoms with Gasteiger partial charge in [-0.05, 0) is 12.1 Å². The number of carbonyl (C=O) groups excluding carboxylic acids is 1. The largest absolute Gasteiger partial charge is 0.351 e. The van der Waals surface area contributed by atoms with Gasteiger partial charge in [0.2, 0.25) is 5.91 Å². The summed E-state index contributed by atoms with van der Waals surface area (Å²) >= 11 is 2.83. The van der Waals surface area contributed by atoms with Gasteiger partial charge in [0.25, 0.3) is 10.0 Å². The number of nitrogens with one attached hydrogen (secondary N) is 1. The lowest BCUT2D eigenvalue weighted by atomic mass is 10.4. The fourth-order valence-corrected chi connectivity index (χ4v) is 5.78. The molecule has 0 bridgehead atoms. The molecule has 1 amide bonds. The van der Waals surface area contributed by atoms with E-state index < -0.39 is 10.0 Å². The summed E-state index contributed by atoms with van der Waals surface area (Å²) in [6, 6.07) is 3.36. The first-order valence-corrected chi connectivity index (χ1v) is 8.82. The second kappa shape index (κ2) is 5.60. The Hall–Kier alpha value is -0.570. The van der Waals surface area contributed by atoms with E-state index in [4.69, 9.17) is 0 Å². The maximum atomic E-state index is 12.2. The third kappa shape index (κ3) is 3.05. The molecule has 0 aromatic carbocycles. The molecule has 0 atom stereocenters. The van der Waals surface area contributed by atoms with Crippen molar-refractivity contribution in [2.45, 2.75) is 17.7 Å². The third-order valence-electron chi connectivity index (χ3n) is 2.46. The van der Waals surface area contributed by atoms with Gasteiger partial charge in [0.15, 0.2) is 0 Å². The summed E-state index contributed by atoms with van der Waals surface area (Å²) < 4.78 is 26.3. The Balaban J connectivity index is 2.11. The van der Waals surface area contributed by atoms with Crippen molar-refractivity contribution >= 4 is 39.0 Å². The molecule has 100 valence electrons. The van der Waals surface area contributed by atoms with Crippen LogP contribution >= 0.6 is 23.1 Å². The second-order valence-electron chi connectivity index (χ2n) is 3.85. The maximum Gasteiger partial charge on any atom is 0.253 e. The summed E-state index contributed by atoms with van der Waals surface area (Å²) in [6.07, 6.45) is 0. The van der Waals surface area contributed by atoms with Gasteiger partial charge >= 0.3 is 0 Å². The average molecular weight is 306 g/mol. The predicted octanol–water partition coefficient (Wildman–Crippen LogP) is 1.08. The van der Waals surface area contributed by atoms with Crippen LogP contribution in [-0.4, -0.2) is 36.8 Å². The van der Waals surface area contributed by atoms with Crippen molar-refractivity contribution < 1.29 is 13.2 Å². The number of thioether (sulfide) groups is 1. The van der Waals surface area contributed by atoms with Gasteiger partial charge in [-0.15, -0.1) is 23.1 Å². The Morgan fingerprint density at radius 2 is 2.28 bits per heavy atom. The maximum absolute atomic E-state index is 12.2. The lowest BCUT2D eigenvalue weighted by Crippen LogP contribution is -2.27. The highest BCUT2D eigenvalue weighted by Gasteiger charge is 2.28. The Morgan fingerprint density at radius 1 is 1.50 bits per heavy atom. The fraction of sp³-hybridized carbons (Fsp3) is 0.500. The molecule has 2 heterocycles. The van der Waals surface area contributed by atoms with Crippen LogP contribution in [0.4, 0.5) is 0 Å². The summed E-state index contributed by atoms with van der Waals surface area (Å²) in [5.41, 5.74) is 0. The first-order chi connectivity index (χ1) is 8.50. The van der Waals surface area contributed by atoms with Gasteiger partial charge in [0, 0.05) is 24.1 Å². The van der Waals surface area contributed by atoms with Gasteiger partial charge in [0.05, 0.1) is 12.4 Å². The van der Waals surface area contributed by atoms with E-state index >= 15 is 0 Å². The standard InChI is InChI=1S/C10H14N2O3S3/c1-8(13)11-6-9-2-3-10(17-9)18(14,15)12-4-5-16-7-12/h2-3H,4-7H2,1H3,(H,11,13). The molecule has 8 heteroatoms. The van der Waals surface area contributed by atoms with Gasteiger partial charge in [-0.3, -0.25) is 4.79 Å². The van der Waals surface area contributed by atoms with Gasteiger partial charge in [-0.2, -0.15) is 4.31 Å². The number of hydrogen-bond acceptors (Lipinski definition) is 5. The summed E-state index contributed by atoms with van der Waals surface area (Å²) in [4.78, 5) is 11.6. The molecule has 1 aliphatic heterocycles. The van der Waals surface area contributed by atoms with Crippen LogP contribution in [-0.2, 0) is 21.4 Å². The van der Waals surface area contributed by atoms with E-state index in [1.54, 1.807) is 23.9 Å². The van der Waals surface area contributed by atoms with E-state index in [1.807, 2.05) is 0 Å². The van der Waals surface area contributed by atoms with E-state index in [1.165, 1.54) is 22.6 Å². The van der Waals surface area contributed by atoms with Crippen molar-refractivity contribution in [1.29, 1.82) is 0 Å². The van der Waals surface area contributed by atoms with Crippen LogP contribution in [0.5, 0.6) is 0 Å². The molecular formula is C10H14N2O3S3. The molecule has 0 spiro atoms. The summed E-state index contributed by atoms with van der Waals surface area (Å²) in [5.74, 6) is 1.26. The average Bonchev–Trinajstić information content (AvgIpc) is 2.98. The van der Waals surface area contributed by atoms with E-state index in [0.29, 0.717) is 23.2 Å². The number of thiophene rings is 1. The molecule has 0 unspecified atom stereocenters. The van der Waals surface area contributed by atoms with Crippen LogP contribution in [0.25, 0.3) is 0 Å².